The van der Waals surface area contributed by atoms with Crippen LogP contribution in [-0.2, 0) is 4.79 Å². The van der Waals surface area contributed by atoms with Gasteiger partial charge in [0.25, 0.3) is 0 Å². The van der Waals surface area contributed by atoms with Crippen molar-refractivity contribution in [3.05, 3.63) is 0 Å². The molecule has 19 heavy (non-hydrogen) atoms. The van der Waals surface area contributed by atoms with Crippen LogP contribution in [0.2, 0.25) is 0 Å². The minimum Gasteiger partial charge on any atom is -0.481 e. The molecule has 0 saturated heterocycles. The summed E-state index contributed by atoms with van der Waals surface area (Å²) in [7, 11) is 0. The summed E-state index contributed by atoms with van der Waals surface area (Å²) in [5, 5.41) is 9.25. The summed E-state index contributed by atoms with van der Waals surface area (Å²) < 4.78 is 0. The first-order valence-corrected chi connectivity index (χ1v) is 7.80. The molecule has 112 valence electrons. The van der Waals surface area contributed by atoms with Crippen molar-refractivity contribution in [3.63, 3.8) is 0 Å². The van der Waals surface area contributed by atoms with Crippen LogP contribution >= 0.6 is 0 Å². The molecule has 0 aromatic heterocycles. The summed E-state index contributed by atoms with van der Waals surface area (Å²) in [5.41, 5.74) is 6.36. The number of hydrogen-bond acceptors (Lipinski definition) is 2. The molecular formula is C16H31NO2. The molecule has 3 nitrogen and oxygen atoms in total. The smallest absolute Gasteiger partial charge is 0.303 e. The van der Waals surface area contributed by atoms with Crippen LogP contribution in [0.15, 0.2) is 0 Å². The third-order valence-electron chi connectivity index (χ3n) is 6.22. The van der Waals surface area contributed by atoms with Crippen LogP contribution in [0.25, 0.3) is 0 Å². The second-order valence-corrected chi connectivity index (χ2v) is 6.60. The van der Waals surface area contributed by atoms with Crippen LogP contribution < -0.4 is 5.73 Å². The zero-order valence-electron chi connectivity index (χ0n) is 13.1. The predicted octanol–water partition coefficient (Wildman–Crippen LogP) is 3.81. The van der Waals surface area contributed by atoms with Crippen LogP contribution in [0.4, 0.5) is 0 Å². The normalized spacial score (nSPS) is 23.4. The molecule has 0 spiro atoms. The fourth-order valence-electron chi connectivity index (χ4n) is 5.04. The Bertz CT molecular complexity index is 297. The quantitative estimate of drug-likeness (QED) is 0.738. The molecule has 1 rings (SSSR count). The number of hydrogen-bond donors (Lipinski definition) is 2. The Labute approximate surface area is 118 Å². The third-order valence-corrected chi connectivity index (χ3v) is 6.22. The van der Waals surface area contributed by atoms with E-state index >= 15 is 0 Å². The van der Waals surface area contributed by atoms with E-state index in [1.165, 1.54) is 0 Å². The van der Waals surface area contributed by atoms with Crippen molar-refractivity contribution in [1.82, 2.24) is 0 Å². The van der Waals surface area contributed by atoms with Gasteiger partial charge in [-0.2, -0.15) is 0 Å². The topological polar surface area (TPSA) is 63.3 Å². The summed E-state index contributed by atoms with van der Waals surface area (Å²) in [5.74, 6) is -0.699. The average Bonchev–Trinajstić information content (AvgIpc) is 2.69. The standard InChI is InChI=1S/C16H31NO2/c1-5-15(6-2)10-14(12-17,9-13(18)19)11-16(15,7-3)8-4/h5-12,17H2,1-4H3,(H,18,19). The molecule has 1 aliphatic rings. The first-order chi connectivity index (χ1) is 8.88. The van der Waals surface area contributed by atoms with E-state index in [1.807, 2.05) is 0 Å². The van der Waals surface area contributed by atoms with E-state index in [-0.39, 0.29) is 22.7 Å². The summed E-state index contributed by atoms with van der Waals surface area (Å²) in [6.07, 6.45) is 6.72. The zero-order valence-corrected chi connectivity index (χ0v) is 13.1. The molecule has 0 heterocycles. The number of nitrogens with two attached hydrogens (primary N) is 1. The van der Waals surface area contributed by atoms with Crippen LogP contribution in [0.3, 0.4) is 0 Å². The van der Waals surface area contributed by atoms with Gasteiger partial charge >= 0.3 is 5.97 Å². The van der Waals surface area contributed by atoms with Gasteiger partial charge in [0.05, 0.1) is 6.42 Å². The molecule has 0 aromatic rings. The minimum atomic E-state index is -0.699. The predicted molar refractivity (Wildman–Crippen MR) is 79.0 cm³/mol. The fourth-order valence-corrected chi connectivity index (χ4v) is 5.04. The minimum absolute atomic E-state index is 0.191. The zero-order chi connectivity index (χ0) is 14.7. The Kier molecular flexibility index (Phi) is 5.05. The number of carboxylic acid groups (broad SMARTS) is 1. The second kappa shape index (κ2) is 5.82. The molecule has 0 aromatic carbocycles. The van der Waals surface area contributed by atoms with Crippen molar-refractivity contribution in [2.75, 3.05) is 6.54 Å². The van der Waals surface area contributed by atoms with Crippen molar-refractivity contribution in [2.24, 2.45) is 22.0 Å². The second-order valence-electron chi connectivity index (χ2n) is 6.60. The highest BCUT2D eigenvalue weighted by Gasteiger charge is 2.59. The highest BCUT2D eigenvalue weighted by atomic mass is 16.4. The van der Waals surface area contributed by atoms with Crippen LogP contribution in [0.1, 0.15) is 72.6 Å². The van der Waals surface area contributed by atoms with E-state index < -0.39 is 5.97 Å². The number of rotatable bonds is 7. The number of carboxylic acids is 1. The maximum atomic E-state index is 11.2. The Morgan fingerprint density at radius 3 is 1.58 bits per heavy atom. The fraction of sp³-hybridized carbons (Fsp3) is 0.938. The lowest BCUT2D eigenvalue weighted by Gasteiger charge is -2.45. The maximum Gasteiger partial charge on any atom is 0.303 e. The van der Waals surface area contributed by atoms with Gasteiger partial charge in [-0.1, -0.05) is 27.7 Å². The third kappa shape index (κ3) is 2.54. The van der Waals surface area contributed by atoms with Crippen molar-refractivity contribution < 1.29 is 9.90 Å². The van der Waals surface area contributed by atoms with Crippen molar-refractivity contribution in [2.45, 2.75) is 72.6 Å². The first-order valence-electron chi connectivity index (χ1n) is 7.80. The molecular weight excluding hydrogens is 238 g/mol. The maximum absolute atomic E-state index is 11.2. The van der Waals surface area contributed by atoms with E-state index in [1.54, 1.807) is 0 Å². The molecule has 0 bridgehead atoms. The molecule has 3 heteroatoms. The summed E-state index contributed by atoms with van der Waals surface area (Å²) in [6, 6.07) is 0. The largest absolute Gasteiger partial charge is 0.481 e. The highest BCUT2D eigenvalue weighted by Crippen LogP contribution is 2.67. The molecule has 0 radical (unpaired) electrons. The van der Waals surface area contributed by atoms with E-state index in [4.69, 9.17) is 5.73 Å². The summed E-state index contributed by atoms with van der Waals surface area (Å²) in [4.78, 5) is 11.2. The van der Waals surface area contributed by atoms with E-state index in [2.05, 4.69) is 27.7 Å². The molecule has 1 aliphatic carbocycles. The Hall–Kier alpha value is -0.570. The number of aliphatic carboxylic acids is 1. The Morgan fingerprint density at radius 2 is 1.37 bits per heavy atom. The highest BCUT2D eigenvalue weighted by molar-refractivity contribution is 5.68. The van der Waals surface area contributed by atoms with Crippen molar-refractivity contribution in [1.29, 1.82) is 0 Å². The van der Waals surface area contributed by atoms with Crippen LogP contribution in [0.5, 0.6) is 0 Å². The first kappa shape index (κ1) is 16.5. The van der Waals surface area contributed by atoms with Crippen molar-refractivity contribution >= 4 is 5.97 Å². The van der Waals surface area contributed by atoms with Gasteiger partial charge in [0.15, 0.2) is 0 Å². The Balaban J connectivity index is 3.22. The van der Waals surface area contributed by atoms with Gasteiger partial charge < -0.3 is 10.8 Å². The van der Waals surface area contributed by atoms with Gasteiger partial charge in [0, 0.05) is 0 Å². The average molecular weight is 269 g/mol. The number of carbonyl (C=O) groups is 1. The van der Waals surface area contributed by atoms with Gasteiger partial charge in [-0.15, -0.1) is 0 Å². The summed E-state index contributed by atoms with van der Waals surface area (Å²) >= 11 is 0. The Morgan fingerprint density at radius 1 is 1.00 bits per heavy atom. The van der Waals surface area contributed by atoms with Gasteiger partial charge in [-0.25, -0.2) is 0 Å². The molecule has 1 saturated carbocycles. The monoisotopic (exact) mass is 269 g/mol. The molecule has 0 aliphatic heterocycles. The van der Waals surface area contributed by atoms with Crippen LogP contribution in [0, 0.1) is 16.2 Å². The van der Waals surface area contributed by atoms with Gasteiger partial charge in [0.2, 0.25) is 0 Å². The van der Waals surface area contributed by atoms with Gasteiger partial charge in [-0.3, -0.25) is 4.79 Å². The van der Waals surface area contributed by atoms with Crippen LogP contribution in [-0.4, -0.2) is 17.6 Å². The lowest BCUT2D eigenvalue weighted by atomic mass is 9.60. The molecule has 0 unspecified atom stereocenters. The van der Waals surface area contributed by atoms with E-state index in [0.29, 0.717) is 6.54 Å². The molecule has 3 N–H and O–H groups in total. The van der Waals surface area contributed by atoms with E-state index in [9.17, 15) is 9.90 Å². The molecule has 1 fully saturated rings. The van der Waals surface area contributed by atoms with Gasteiger partial charge in [-0.05, 0) is 61.3 Å². The van der Waals surface area contributed by atoms with E-state index in [0.717, 1.165) is 38.5 Å². The van der Waals surface area contributed by atoms with Crippen molar-refractivity contribution in [3.8, 4) is 0 Å². The lowest BCUT2D eigenvalue weighted by Crippen LogP contribution is -2.35. The SMILES string of the molecule is CCC1(CC)CC(CN)(CC(=O)O)CC1(CC)CC. The lowest BCUT2D eigenvalue weighted by molar-refractivity contribution is -0.139. The molecule has 0 amide bonds. The molecule has 0 atom stereocenters. The summed E-state index contributed by atoms with van der Waals surface area (Å²) in [6.45, 7) is 9.55. The van der Waals surface area contributed by atoms with Gasteiger partial charge in [0.1, 0.15) is 0 Å².